The number of likely N-dealkylation sites (tertiary alicyclic amines) is 1. The van der Waals surface area contributed by atoms with Gasteiger partial charge in [-0.3, -0.25) is 4.90 Å². The van der Waals surface area contributed by atoms with Crippen molar-refractivity contribution in [3.63, 3.8) is 0 Å². The van der Waals surface area contributed by atoms with Crippen LogP contribution in [0.15, 0.2) is 78.0 Å². The Bertz CT molecular complexity index is 1150. The number of nitrogens with zero attached hydrogens (tertiary/aromatic N) is 2. The van der Waals surface area contributed by atoms with Gasteiger partial charge in [-0.15, -0.1) is 0 Å². The molecule has 0 bridgehead atoms. The van der Waals surface area contributed by atoms with E-state index in [1.54, 1.807) is 0 Å². The zero-order chi connectivity index (χ0) is 22.3. The van der Waals surface area contributed by atoms with Gasteiger partial charge in [-0.05, 0) is 37.0 Å². The molecule has 2 aromatic rings. The quantitative estimate of drug-likeness (QED) is 0.576. The molecule has 5 nitrogen and oxygen atoms in total. The van der Waals surface area contributed by atoms with E-state index in [-0.39, 0.29) is 24.0 Å². The van der Waals surface area contributed by atoms with Crippen LogP contribution >= 0.6 is 0 Å². The molecule has 1 spiro atoms. The van der Waals surface area contributed by atoms with E-state index in [1.165, 1.54) is 18.2 Å². The number of fused-ring (bicyclic) bond motifs is 1. The molecule has 32 heavy (non-hydrogen) atoms. The fourth-order valence-corrected chi connectivity index (χ4v) is 6.07. The van der Waals surface area contributed by atoms with E-state index in [1.807, 2.05) is 43.3 Å². The summed E-state index contributed by atoms with van der Waals surface area (Å²) < 4.78 is 5.24. The SMILES string of the molecule is C/C=C/[C@@H]1C[C@@H]2N(Cc3ccccc3)[C@H](C#N)C[C@]23C(=C1C(=O)OC)Nc1ccccc13. The Balaban J connectivity index is 1.72. The van der Waals surface area contributed by atoms with Gasteiger partial charge in [0, 0.05) is 29.9 Å². The van der Waals surface area contributed by atoms with Gasteiger partial charge in [0.15, 0.2) is 0 Å². The van der Waals surface area contributed by atoms with Gasteiger partial charge in [0.1, 0.15) is 0 Å². The van der Waals surface area contributed by atoms with Gasteiger partial charge in [-0.2, -0.15) is 5.26 Å². The van der Waals surface area contributed by atoms with Gasteiger partial charge in [-0.1, -0.05) is 60.7 Å². The number of esters is 1. The standard InChI is InChI=1S/C27H27N3O2/c1-3-9-19-14-23-27(15-20(16-28)30(23)17-18-10-5-4-6-11-18)21-12-7-8-13-22(21)29-25(27)24(19)26(31)32-2/h3-13,19-20,23,29H,14-15,17H2,1-2H3/b9-3+/t19-,20+,23+,27-/m1/s1. The number of allylic oxidation sites excluding steroid dienone is 2. The molecule has 0 amide bonds. The van der Waals surface area contributed by atoms with Crippen LogP contribution in [-0.4, -0.2) is 30.1 Å². The minimum Gasteiger partial charge on any atom is -0.466 e. The van der Waals surface area contributed by atoms with E-state index in [4.69, 9.17) is 4.74 Å². The lowest BCUT2D eigenvalue weighted by Gasteiger charge is -2.43. The molecule has 0 aromatic heterocycles. The predicted molar refractivity (Wildman–Crippen MR) is 123 cm³/mol. The number of hydrogen-bond donors (Lipinski definition) is 1. The van der Waals surface area contributed by atoms with Crippen molar-refractivity contribution in [1.29, 1.82) is 5.26 Å². The molecule has 5 rings (SSSR count). The smallest absolute Gasteiger partial charge is 0.336 e. The molecule has 1 aliphatic carbocycles. The molecule has 3 aliphatic rings. The average Bonchev–Trinajstić information content (AvgIpc) is 3.32. The van der Waals surface area contributed by atoms with Gasteiger partial charge >= 0.3 is 5.97 Å². The first-order chi connectivity index (χ1) is 15.6. The van der Waals surface area contributed by atoms with Crippen LogP contribution in [0.3, 0.4) is 0 Å². The number of anilines is 1. The Morgan fingerprint density at radius 3 is 2.72 bits per heavy atom. The lowest BCUT2D eigenvalue weighted by Crippen LogP contribution is -2.49. The first-order valence-electron chi connectivity index (χ1n) is 11.2. The molecule has 2 aliphatic heterocycles. The molecule has 1 fully saturated rings. The van der Waals surface area contributed by atoms with Crippen LogP contribution in [0.1, 0.15) is 30.9 Å². The molecule has 1 saturated heterocycles. The van der Waals surface area contributed by atoms with Gasteiger partial charge in [0.2, 0.25) is 0 Å². The molecular weight excluding hydrogens is 398 g/mol. The second-order valence-electron chi connectivity index (χ2n) is 8.81. The molecular formula is C27H27N3O2. The minimum absolute atomic E-state index is 0.0712. The van der Waals surface area contributed by atoms with Crippen molar-refractivity contribution in [3.8, 4) is 6.07 Å². The van der Waals surface area contributed by atoms with E-state index in [0.717, 1.165) is 17.8 Å². The number of benzene rings is 2. The maximum Gasteiger partial charge on any atom is 0.336 e. The Kier molecular flexibility index (Phi) is 5.11. The first kappa shape index (κ1) is 20.5. The minimum atomic E-state index is -0.423. The van der Waals surface area contributed by atoms with Crippen molar-refractivity contribution in [1.82, 2.24) is 4.90 Å². The zero-order valence-electron chi connectivity index (χ0n) is 18.4. The van der Waals surface area contributed by atoms with Crippen molar-refractivity contribution < 1.29 is 9.53 Å². The summed E-state index contributed by atoms with van der Waals surface area (Å²) in [5.41, 5.74) is 4.57. The van der Waals surface area contributed by atoms with Crippen LogP contribution < -0.4 is 5.32 Å². The van der Waals surface area contributed by atoms with Crippen LogP contribution in [0.5, 0.6) is 0 Å². The van der Waals surface area contributed by atoms with Gasteiger partial charge in [0.25, 0.3) is 0 Å². The highest BCUT2D eigenvalue weighted by Gasteiger charge is 2.62. The number of methoxy groups -OCH3 is 1. The normalized spacial score (nSPS) is 28.6. The fraction of sp³-hybridized carbons (Fsp3) is 0.333. The summed E-state index contributed by atoms with van der Waals surface area (Å²) >= 11 is 0. The van der Waals surface area contributed by atoms with Gasteiger partial charge in [0.05, 0.1) is 30.2 Å². The molecule has 0 saturated carbocycles. The maximum absolute atomic E-state index is 13.0. The monoisotopic (exact) mass is 425 g/mol. The average molecular weight is 426 g/mol. The van der Waals surface area contributed by atoms with Crippen molar-refractivity contribution in [2.45, 2.75) is 43.8 Å². The number of nitriles is 1. The maximum atomic E-state index is 13.0. The molecule has 2 aromatic carbocycles. The van der Waals surface area contributed by atoms with E-state index >= 15 is 0 Å². The number of nitrogens with one attached hydrogen (secondary N) is 1. The third-order valence-corrected chi connectivity index (χ3v) is 7.30. The number of carbonyl (C=O) groups is 1. The summed E-state index contributed by atoms with van der Waals surface area (Å²) in [5.74, 6) is -0.366. The lowest BCUT2D eigenvalue weighted by molar-refractivity contribution is -0.137. The summed E-state index contributed by atoms with van der Waals surface area (Å²) in [6.07, 6.45) is 5.51. The van der Waals surface area contributed by atoms with Gasteiger partial charge in [-0.25, -0.2) is 4.79 Å². The highest BCUT2D eigenvalue weighted by atomic mass is 16.5. The second-order valence-corrected chi connectivity index (χ2v) is 8.81. The first-order valence-corrected chi connectivity index (χ1v) is 11.2. The summed E-state index contributed by atoms with van der Waals surface area (Å²) in [6, 6.07) is 21.0. The summed E-state index contributed by atoms with van der Waals surface area (Å²) in [5, 5.41) is 13.8. The van der Waals surface area contributed by atoms with Crippen molar-refractivity contribution in [2.24, 2.45) is 5.92 Å². The molecule has 0 unspecified atom stereocenters. The van der Waals surface area contributed by atoms with Crippen molar-refractivity contribution >= 4 is 11.7 Å². The third kappa shape index (κ3) is 2.91. The van der Waals surface area contributed by atoms with Crippen molar-refractivity contribution in [3.05, 3.63) is 89.1 Å². The number of carbonyl (C=O) groups excluding carboxylic acids is 1. The molecule has 4 atom stereocenters. The topological polar surface area (TPSA) is 65.4 Å². The van der Waals surface area contributed by atoms with Crippen LogP contribution in [0.25, 0.3) is 0 Å². The summed E-state index contributed by atoms with van der Waals surface area (Å²) in [4.78, 5) is 15.4. The summed E-state index contributed by atoms with van der Waals surface area (Å²) in [6.45, 7) is 2.68. The Morgan fingerprint density at radius 1 is 1.25 bits per heavy atom. The molecule has 2 heterocycles. The van der Waals surface area contributed by atoms with E-state index in [2.05, 4.69) is 46.6 Å². The number of ether oxygens (including phenoxy) is 1. The summed E-state index contributed by atoms with van der Waals surface area (Å²) in [7, 11) is 1.44. The molecule has 162 valence electrons. The van der Waals surface area contributed by atoms with Crippen LogP contribution in [-0.2, 0) is 21.5 Å². The van der Waals surface area contributed by atoms with Crippen molar-refractivity contribution in [2.75, 3.05) is 12.4 Å². The van der Waals surface area contributed by atoms with E-state index in [9.17, 15) is 10.1 Å². The molecule has 1 N–H and O–H groups in total. The Labute approximate surface area is 189 Å². The van der Waals surface area contributed by atoms with Crippen LogP contribution in [0.2, 0.25) is 0 Å². The second kappa shape index (κ2) is 7.96. The lowest BCUT2D eigenvalue weighted by atomic mass is 9.64. The number of rotatable bonds is 4. The van der Waals surface area contributed by atoms with E-state index < -0.39 is 5.41 Å². The highest BCUT2D eigenvalue weighted by Crippen LogP contribution is 2.60. The predicted octanol–water partition coefficient (Wildman–Crippen LogP) is 4.54. The zero-order valence-corrected chi connectivity index (χ0v) is 18.4. The Morgan fingerprint density at radius 2 is 2.00 bits per heavy atom. The number of para-hydroxylation sites is 1. The van der Waals surface area contributed by atoms with Crippen LogP contribution in [0, 0.1) is 17.2 Å². The largest absolute Gasteiger partial charge is 0.466 e. The third-order valence-electron chi connectivity index (χ3n) is 7.30. The van der Waals surface area contributed by atoms with Crippen LogP contribution in [0.4, 0.5) is 5.69 Å². The highest BCUT2D eigenvalue weighted by molar-refractivity contribution is 5.93. The molecule has 5 heteroatoms. The number of hydrogen-bond acceptors (Lipinski definition) is 5. The van der Waals surface area contributed by atoms with Gasteiger partial charge < -0.3 is 10.1 Å². The van der Waals surface area contributed by atoms with E-state index in [0.29, 0.717) is 18.5 Å². The Hall–Kier alpha value is -3.36. The molecule has 0 radical (unpaired) electrons. The fourth-order valence-electron chi connectivity index (χ4n) is 6.07.